The molecule has 1 aliphatic rings. The van der Waals surface area contributed by atoms with Crippen molar-refractivity contribution >= 4 is 5.97 Å². The zero-order valence-electron chi connectivity index (χ0n) is 13.3. The number of nitriles is 1. The summed E-state index contributed by atoms with van der Waals surface area (Å²) in [6.45, 7) is 5.00. The van der Waals surface area contributed by atoms with Crippen LogP contribution < -0.4 is 4.74 Å². The first-order chi connectivity index (χ1) is 11.2. The van der Waals surface area contributed by atoms with E-state index in [2.05, 4.69) is 19.4 Å². The summed E-state index contributed by atoms with van der Waals surface area (Å²) in [5.41, 5.74) is 0. The quantitative estimate of drug-likeness (QED) is 0.418. The van der Waals surface area contributed by atoms with E-state index in [1.165, 1.54) is 0 Å². The molecule has 1 aromatic carbocycles. The number of rotatable bonds is 8. The van der Waals surface area contributed by atoms with E-state index in [1.54, 1.807) is 12.1 Å². The van der Waals surface area contributed by atoms with Crippen LogP contribution in [-0.4, -0.2) is 19.2 Å². The van der Waals surface area contributed by atoms with Crippen molar-refractivity contribution in [2.45, 2.75) is 25.7 Å². The minimum absolute atomic E-state index is 0.200. The third-order valence-corrected chi connectivity index (χ3v) is 4.31. The number of carbonyl (C=O) groups is 1. The van der Waals surface area contributed by atoms with Crippen molar-refractivity contribution in [2.75, 3.05) is 13.2 Å². The third-order valence-electron chi connectivity index (χ3n) is 4.31. The lowest BCUT2D eigenvalue weighted by atomic mass is 9.85. The van der Waals surface area contributed by atoms with Gasteiger partial charge in [0.2, 0.25) is 0 Å². The summed E-state index contributed by atoms with van der Waals surface area (Å²) >= 11 is 0. The molecule has 0 bridgehead atoms. The Balaban J connectivity index is 1.87. The number of nitrogens with zero attached hydrogens (tertiary/aromatic N) is 1. The van der Waals surface area contributed by atoms with Crippen LogP contribution in [0.5, 0.6) is 5.75 Å². The summed E-state index contributed by atoms with van der Waals surface area (Å²) < 4.78 is 11.0. The summed E-state index contributed by atoms with van der Waals surface area (Å²) in [5.74, 6) is 1.18. The van der Waals surface area contributed by atoms with Gasteiger partial charge in [-0.1, -0.05) is 31.5 Å². The average Bonchev–Trinajstić information content (AvgIpc) is 2.94. The molecule has 2 rings (SSSR count). The first kappa shape index (κ1) is 17.5. The van der Waals surface area contributed by atoms with Crippen LogP contribution in [0, 0.1) is 42.4 Å². The van der Waals surface area contributed by atoms with Crippen LogP contribution in [0.2, 0.25) is 0 Å². The van der Waals surface area contributed by atoms with Crippen molar-refractivity contribution in [3.63, 3.8) is 0 Å². The van der Waals surface area contributed by atoms with Gasteiger partial charge in [0.1, 0.15) is 5.75 Å². The molecule has 0 saturated heterocycles. The monoisotopic (exact) mass is 313 g/mol. The predicted octanol–water partition coefficient (Wildman–Crippen LogP) is 3.59. The zero-order chi connectivity index (χ0) is 16.5. The fourth-order valence-electron chi connectivity index (χ4n) is 3.08. The molecule has 0 spiro atoms. The van der Waals surface area contributed by atoms with E-state index in [0.717, 1.165) is 12.8 Å². The van der Waals surface area contributed by atoms with Crippen molar-refractivity contribution in [1.29, 1.82) is 5.26 Å². The Kier molecular flexibility index (Phi) is 7.09. The molecule has 1 saturated carbocycles. The van der Waals surface area contributed by atoms with Crippen molar-refractivity contribution in [3.8, 4) is 11.8 Å². The molecule has 0 amide bonds. The van der Waals surface area contributed by atoms with Crippen LogP contribution in [0.4, 0.5) is 0 Å². The molecule has 0 aromatic heterocycles. The van der Waals surface area contributed by atoms with Gasteiger partial charge in [-0.05, 0) is 42.7 Å². The Morgan fingerprint density at radius 1 is 1.35 bits per heavy atom. The largest absolute Gasteiger partial charge is 0.427 e. The lowest BCUT2D eigenvalue weighted by molar-refractivity contribution is -0.136. The van der Waals surface area contributed by atoms with E-state index < -0.39 is 0 Å². The summed E-state index contributed by atoms with van der Waals surface area (Å²) in [7, 11) is 0. The van der Waals surface area contributed by atoms with E-state index in [4.69, 9.17) is 14.7 Å². The van der Waals surface area contributed by atoms with Crippen molar-refractivity contribution in [1.82, 2.24) is 0 Å². The Labute approximate surface area is 138 Å². The maximum absolute atomic E-state index is 12.2. The molecule has 4 nitrogen and oxygen atoms in total. The minimum Gasteiger partial charge on any atom is -0.427 e. The highest BCUT2D eigenvalue weighted by Crippen LogP contribution is 2.40. The Morgan fingerprint density at radius 3 is 2.83 bits per heavy atom. The Bertz CT molecular complexity index is 523. The molecule has 0 heterocycles. The van der Waals surface area contributed by atoms with Crippen molar-refractivity contribution in [3.05, 3.63) is 43.7 Å². The van der Waals surface area contributed by atoms with Crippen molar-refractivity contribution in [2.24, 2.45) is 17.8 Å². The molecule has 23 heavy (non-hydrogen) atoms. The van der Waals surface area contributed by atoms with E-state index in [1.807, 2.05) is 18.2 Å². The van der Waals surface area contributed by atoms with Crippen LogP contribution in [0.15, 0.2) is 30.3 Å². The van der Waals surface area contributed by atoms with Gasteiger partial charge < -0.3 is 9.47 Å². The molecule has 4 heteroatoms. The van der Waals surface area contributed by atoms with Crippen LogP contribution in [-0.2, 0) is 9.53 Å². The molecule has 1 aromatic rings. The normalized spacial score (nSPS) is 23.4. The van der Waals surface area contributed by atoms with E-state index in [9.17, 15) is 4.79 Å². The van der Waals surface area contributed by atoms with Gasteiger partial charge in [0.15, 0.2) is 0 Å². The maximum atomic E-state index is 12.2. The number of para-hydroxylation sites is 1. The second-order valence-corrected chi connectivity index (χ2v) is 5.82. The fraction of sp³-hybridized carbons (Fsp3) is 0.474. The maximum Gasteiger partial charge on any atom is 0.311 e. The molecule has 3 atom stereocenters. The van der Waals surface area contributed by atoms with Crippen molar-refractivity contribution < 1.29 is 14.3 Å². The molecule has 1 aliphatic carbocycles. The van der Waals surface area contributed by atoms with Gasteiger partial charge in [0, 0.05) is 13.0 Å². The Hall–Kier alpha value is -1.86. The van der Waals surface area contributed by atoms with Gasteiger partial charge in [0.25, 0.3) is 0 Å². The second-order valence-electron chi connectivity index (χ2n) is 5.82. The average molecular weight is 313 g/mol. The molecule has 122 valence electrons. The summed E-state index contributed by atoms with van der Waals surface area (Å²) in [5, 5.41) is 8.54. The fourth-order valence-corrected chi connectivity index (χ4v) is 3.08. The molecule has 2 radical (unpaired) electrons. The SMILES string of the molecule is [CH2]CC1C[CH]C(COCCC#N)C1CC(=O)Oc1ccccc1. The lowest BCUT2D eigenvalue weighted by Crippen LogP contribution is -2.24. The first-order valence-corrected chi connectivity index (χ1v) is 8.07. The highest BCUT2D eigenvalue weighted by atomic mass is 16.5. The second kappa shape index (κ2) is 9.32. The summed E-state index contributed by atoms with van der Waals surface area (Å²) in [6, 6.07) is 11.2. The van der Waals surface area contributed by atoms with Gasteiger partial charge >= 0.3 is 5.97 Å². The van der Waals surface area contributed by atoms with E-state index >= 15 is 0 Å². The molecule has 0 aliphatic heterocycles. The van der Waals surface area contributed by atoms with E-state index in [0.29, 0.717) is 37.7 Å². The van der Waals surface area contributed by atoms with Crippen LogP contribution >= 0.6 is 0 Å². The molecular weight excluding hydrogens is 290 g/mol. The molecule has 1 fully saturated rings. The van der Waals surface area contributed by atoms with E-state index in [-0.39, 0.29) is 17.8 Å². The number of ether oxygens (including phenoxy) is 2. The lowest BCUT2D eigenvalue weighted by Gasteiger charge is -2.23. The highest BCUT2D eigenvalue weighted by Gasteiger charge is 2.37. The van der Waals surface area contributed by atoms with Gasteiger partial charge in [-0.25, -0.2) is 0 Å². The number of hydrogen-bond donors (Lipinski definition) is 0. The number of carbonyl (C=O) groups excluding carboxylic acids is 1. The minimum atomic E-state index is -0.211. The first-order valence-electron chi connectivity index (χ1n) is 8.07. The third kappa shape index (κ3) is 5.37. The smallest absolute Gasteiger partial charge is 0.311 e. The van der Waals surface area contributed by atoms with Gasteiger partial charge in [-0.2, -0.15) is 5.26 Å². The molecule has 0 N–H and O–H groups in total. The number of hydrogen-bond acceptors (Lipinski definition) is 4. The standard InChI is InChI=1S/C19H23NO3/c1-2-15-9-10-16(14-22-12-6-11-20)18(15)13-19(21)23-17-7-4-3-5-8-17/h3-5,7-8,10,15-16,18H,1-2,6,9,12-14H2. The number of esters is 1. The van der Waals surface area contributed by atoms with Gasteiger partial charge in [-0.3, -0.25) is 4.79 Å². The summed E-state index contributed by atoms with van der Waals surface area (Å²) in [4.78, 5) is 12.2. The zero-order valence-corrected chi connectivity index (χ0v) is 13.3. The Morgan fingerprint density at radius 2 is 2.13 bits per heavy atom. The molecule has 3 unspecified atom stereocenters. The van der Waals surface area contributed by atoms with Gasteiger partial charge in [-0.15, -0.1) is 0 Å². The topological polar surface area (TPSA) is 59.3 Å². The predicted molar refractivity (Wildman–Crippen MR) is 87.1 cm³/mol. The van der Waals surface area contributed by atoms with Crippen LogP contribution in [0.25, 0.3) is 0 Å². The van der Waals surface area contributed by atoms with Gasteiger partial charge in [0.05, 0.1) is 19.1 Å². The summed E-state index contributed by atoms with van der Waals surface area (Å²) in [6.07, 6.45) is 4.75. The number of benzene rings is 1. The van der Waals surface area contributed by atoms with Crippen LogP contribution in [0.1, 0.15) is 25.7 Å². The van der Waals surface area contributed by atoms with Crippen LogP contribution in [0.3, 0.4) is 0 Å². The highest BCUT2D eigenvalue weighted by molar-refractivity contribution is 5.72. The molecular formula is C19H23NO3.